The fourth-order valence-corrected chi connectivity index (χ4v) is 2.13. The van der Waals surface area contributed by atoms with Crippen LogP contribution in [0, 0.1) is 5.82 Å². The number of aliphatic hydroxyl groups excluding tert-OH is 1. The topological polar surface area (TPSA) is 77.8 Å². The number of amides is 1. The molecular formula is C14H14FNO4. The van der Waals surface area contributed by atoms with Crippen LogP contribution in [0.1, 0.15) is 12.0 Å². The summed E-state index contributed by atoms with van der Waals surface area (Å²) in [5.41, 5.74) is 0.631. The van der Waals surface area contributed by atoms with Crippen LogP contribution in [-0.2, 0) is 9.59 Å². The molecule has 5 nitrogen and oxygen atoms in total. The van der Waals surface area contributed by atoms with E-state index in [0.717, 1.165) is 4.90 Å². The van der Waals surface area contributed by atoms with Gasteiger partial charge in [0, 0.05) is 19.0 Å². The van der Waals surface area contributed by atoms with Crippen molar-refractivity contribution in [1.29, 1.82) is 0 Å². The van der Waals surface area contributed by atoms with Gasteiger partial charge in [0.1, 0.15) is 11.9 Å². The smallest absolute Gasteiger partial charge is 0.326 e. The van der Waals surface area contributed by atoms with Crippen LogP contribution in [0.3, 0.4) is 0 Å². The molecule has 0 aromatic heterocycles. The zero-order valence-electron chi connectivity index (χ0n) is 10.6. The number of hydrogen-bond acceptors (Lipinski definition) is 3. The Labute approximate surface area is 114 Å². The van der Waals surface area contributed by atoms with Crippen LogP contribution in [0.15, 0.2) is 30.3 Å². The van der Waals surface area contributed by atoms with E-state index in [2.05, 4.69) is 0 Å². The van der Waals surface area contributed by atoms with Crippen molar-refractivity contribution in [3.05, 3.63) is 41.7 Å². The predicted molar refractivity (Wildman–Crippen MR) is 69.2 cm³/mol. The molecule has 2 rings (SSSR count). The van der Waals surface area contributed by atoms with Gasteiger partial charge in [0.05, 0.1) is 6.10 Å². The summed E-state index contributed by atoms with van der Waals surface area (Å²) in [6, 6.07) is 4.54. The average Bonchev–Trinajstić information content (AvgIpc) is 2.80. The summed E-state index contributed by atoms with van der Waals surface area (Å²) in [6.07, 6.45) is 1.91. The Hall–Kier alpha value is -2.21. The van der Waals surface area contributed by atoms with Gasteiger partial charge in [-0.05, 0) is 23.8 Å². The second kappa shape index (κ2) is 5.83. The number of rotatable bonds is 3. The Kier molecular flexibility index (Phi) is 4.14. The summed E-state index contributed by atoms with van der Waals surface area (Å²) >= 11 is 0. The summed E-state index contributed by atoms with van der Waals surface area (Å²) in [4.78, 5) is 24.1. The number of hydrogen-bond donors (Lipinski definition) is 2. The molecule has 106 valence electrons. The first kappa shape index (κ1) is 14.2. The van der Waals surface area contributed by atoms with Crippen LogP contribution >= 0.6 is 0 Å². The van der Waals surface area contributed by atoms with Crippen LogP contribution in [0.25, 0.3) is 6.08 Å². The van der Waals surface area contributed by atoms with E-state index in [0.29, 0.717) is 5.56 Å². The van der Waals surface area contributed by atoms with E-state index in [1.165, 1.54) is 36.4 Å². The maximum absolute atomic E-state index is 12.7. The van der Waals surface area contributed by atoms with Gasteiger partial charge in [-0.3, -0.25) is 4.79 Å². The van der Waals surface area contributed by atoms with E-state index in [9.17, 15) is 19.1 Å². The van der Waals surface area contributed by atoms with E-state index in [-0.39, 0.29) is 18.8 Å². The SMILES string of the molecule is O=C(O)C1CC(O)CN1C(=O)C=Cc1ccc(F)cc1. The van der Waals surface area contributed by atoms with E-state index in [4.69, 9.17) is 5.11 Å². The zero-order valence-corrected chi connectivity index (χ0v) is 10.6. The van der Waals surface area contributed by atoms with E-state index >= 15 is 0 Å². The Morgan fingerprint density at radius 3 is 2.55 bits per heavy atom. The highest BCUT2D eigenvalue weighted by Crippen LogP contribution is 2.19. The quantitative estimate of drug-likeness (QED) is 0.805. The number of β-amino-alcohol motifs (C(OH)–C–C–N with tert-alkyl or cyclic N) is 1. The highest BCUT2D eigenvalue weighted by atomic mass is 19.1. The lowest BCUT2D eigenvalue weighted by Gasteiger charge is -2.19. The van der Waals surface area contributed by atoms with E-state index < -0.39 is 24.0 Å². The fraction of sp³-hybridized carbons (Fsp3) is 0.286. The Morgan fingerprint density at radius 2 is 1.95 bits per heavy atom. The maximum Gasteiger partial charge on any atom is 0.326 e. The number of carbonyl (C=O) groups excluding carboxylic acids is 1. The Bertz CT molecular complexity index is 541. The Morgan fingerprint density at radius 1 is 1.30 bits per heavy atom. The summed E-state index contributed by atoms with van der Waals surface area (Å²) in [7, 11) is 0. The van der Waals surface area contributed by atoms with Gasteiger partial charge in [-0.1, -0.05) is 12.1 Å². The highest BCUT2D eigenvalue weighted by molar-refractivity contribution is 5.94. The number of carboxylic acid groups (broad SMARTS) is 1. The molecule has 0 spiro atoms. The van der Waals surface area contributed by atoms with Gasteiger partial charge >= 0.3 is 5.97 Å². The summed E-state index contributed by atoms with van der Waals surface area (Å²) < 4.78 is 12.7. The number of likely N-dealkylation sites (tertiary alicyclic amines) is 1. The van der Waals surface area contributed by atoms with Gasteiger partial charge in [0.2, 0.25) is 5.91 Å². The fourth-order valence-electron chi connectivity index (χ4n) is 2.13. The molecule has 0 bridgehead atoms. The molecule has 20 heavy (non-hydrogen) atoms. The van der Waals surface area contributed by atoms with E-state index in [1.54, 1.807) is 0 Å². The van der Waals surface area contributed by atoms with Crippen molar-refractivity contribution >= 4 is 18.0 Å². The summed E-state index contributed by atoms with van der Waals surface area (Å²) in [6.45, 7) is 0.00353. The standard InChI is InChI=1S/C14H14FNO4/c15-10-4-1-9(2-5-10)3-6-13(18)16-8-11(17)7-12(16)14(19)20/h1-6,11-12,17H,7-8H2,(H,19,20). The third kappa shape index (κ3) is 3.21. The van der Waals surface area contributed by atoms with Crippen molar-refractivity contribution in [3.63, 3.8) is 0 Å². The van der Waals surface area contributed by atoms with Crippen LogP contribution in [0.5, 0.6) is 0 Å². The number of aliphatic hydroxyl groups is 1. The zero-order chi connectivity index (χ0) is 14.7. The Balaban J connectivity index is 2.07. The normalized spacial score (nSPS) is 22.4. The van der Waals surface area contributed by atoms with Crippen molar-refractivity contribution < 1.29 is 24.2 Å². The number of carboxylic acids is 1. The van der Waals surface area contributed by atoms with Crippen LogP contribution in [0.4, 0.5) is 4.39 Å². The molecule has 2 unspecified atom stereocenters. The van der Waals surface area contributed by atoms with Gasteiger partial charge in [0.25, 0.3) is 0 Å². The molecule has 1 amide bonds. The molecule has 0 radical (unpaired) electrons. The first-order valence-corrected chi connectivity index (χ1v) is 6.12. The maximum atomic E-state index is 12.7. The first-order valence-electron chi connectivity index (χ1n) is 6.12. The van der Waals surface area contributed by atoms with Gasteiger partial charge in [0.15, 0.2) is 0 Å². The molecule has 1 saturated heterocycles. The van der Waals surface area contributed by atoms with Crippen LogP contribution < -0.4 is 0 Å². The van der Waals surface area contributed by atoms with Crippen LogP contribution in [-0.4, -0.2) is 45.7 Å². The van der Waals surface area contributed by atoms with Crippen molar-refractivity contribution in [2.45, 2.75) is 18.6 Å². The molecule has 6 heteroatoms. The van der Waals surface area contributed by atoms with Gasteiger partial charge < -0.3 is 15.1 Å². The molecule has 1 aromatic carbocycles. The largest absolute Gasteiger partial charge is 0.480 e. The molecule has 0 saturated carbocycles. The lowest BCUT2D eigenvalue weighted by Crippen LogP contribution is -2.39. The molecular weight excluding hydrogens is 265 g/mol. The monoisotopic (exact) mass is 279 g/mol. The highest BCUT2D eigenvalue weighted by Gasteiger charge is 2.37. The summed E-state index contributed by atoms with van der Waals surface area (Å²) in [5, 5.41) is 18.5. The number of halogens is 1. The number of aliphatic carboxylic acids is 1. The third-order valence-corrected chi connectivity index (χ3v) is 3.14. The van der Waals surface area contributed by atoms with E-state index in [1.807, 2.05) is 0 Å². The van der Waals surface area contributed by atoms with Crippen molar-refractivity contribution in [2.75, 3.05) is 6.54 Å². The average molecular weight is 279 g/mol. The first-order chi connectivity index (χ1) is 9.47. The molecule has 1 fully saturated rings. The predicted octanol–water partition coefficient (Wildman–Crippen LogP) is 0.885. The van der Waals surface area contributed by atoms with Gasteiger partial charge in [-0.25, -0.2) is 9.18 Å². The van der Waals surface area contributed by atoms with Gasteiger partial charge in [-0.15, -0.1) is 0 Å². The lowest BCUT2D eigenvalue weighted by atomic mass is 10.2. The molecule has 1 heterocycles. The minimum atomic E-state index is -1.13. The van der Waals surface area contributed by atoms with Crippen molar-refractivity contribution in [3.8, 4) is 0 Å². The molecule has 1 aliphatic heterocycles. The lowest BCUT2D eigenvalue weighted by molar-refractivity contribution is -0.146. The number of carbonyl (C=O) groups is 2. The molecule has 0 aliphatic carbocycles. The number of benzene rings is 1. The molecule has 2 atom stereocenters. The molecule has 2 N–H and O–H groups in total. The van der Waals surface area contributed by atoms with Gasteiger partial charge in [-0.2, -0.15) is 0 Å². The third-order valence-electron chi connectivity index (χ3n) is 3.14. The second-order valence-corrected chi connectivity index (χ2v) is 4.62. The van der Waals surface area contributed by atoms with Crippen molar-refractivity contribution in [1.82, 2.24) is 4.90 Å². The number of nitrogens with zero attached hydrogens (tertiary/aromatic N) is 1. The summed E-state index contributed by atoms with van der Waals surface area (Å²) in [5.74, 6) is -1.99. The molecule has 1 aliphatic rings. The minimum Gasteiger partial charge on any atom is -0.480 e. The van der Waals surface area contributed by atoms with Crippen molar-refractivity contribution in [2.24, 2.45) is 0 Å². The van der Waals surface area contributed by atoms with Crippen LogP contribution in [0.2, 0.25) is 0 Å². The second-order valence-electron chi connectivity index (χ2n) is 4.62. The molecule has 1 aromatic rings. The minimum absolute atomic E-state index is 0.00353.